The first-order chi connectivity index (χ1) is 5.80. The average molecular weight is 162 g/mol. The monoisotopic (exact) mass is 162 g/mol. The third-order valence-electron chi connectivity index (χ3n) is 3.31. The minimum atomic E-state index is -0.0822. The lowest BCUT2D eigenvalue weighted by atomic mass is 9.74. The van der Waals surface area contributed by atoms with Crippen LogP contribution in [0.25, 0.3) is 0 Å². The zero-order valence-electron chi connectivity index (χ0n) is 7.20. The summed E-state index contributed by atoms with van der Waals surface area (Å²) in [6.45, 7) is 3.72. The van der Waals surface area contributed by atoms with Crippen LogP contribution in [-0.4, -0.2) is 6.29 Å². The second-order valence-electron chi connectivity index (χ2n) is 4.04. The fourth-order valence-electron chi connectivity index (χ4n) is 2.68. The normalized spacial score (nSPS) is 43.3. The highest BCUT2D eigenvalue weighted by atomic mass is 16.1. The standard InChI is InChI=1S/C11H14O/c1-2-5-11(8-12)7-9-3-4-10(11)6-9/h2-4,8-10H,1,5-7H2. The number of carbonyl (C=O) groups is 1. The molecule has 64 valence electrons. The minimum Gasteiger partial charge on any atom is -0.303 e. The predicted octanol–water partition coefficient (Wildman–Crippen LogP) is 2.34. The van der Waals surface area contributed by atoms with E-state index in [4.69, 9.17) is 0 Å². The van der Waals surface area contributed by atoms with E-state index < -0.39 is 0 Å². The lowest BCUT2D eigenvalue weighted by Crippen LogP contribution is -2.26. The van der Waals surface area contributed by atoms with Crippen molar-refractivity contribution in [2.75, 3.05) is 0 Å². The van der Waals surface area contributed by atoms with Gasteiger partial charge in [-0.25, -0.2) is 0 Å². The van der Waals surface area contributed by atoms with Crippen molar-refractivity contribution < 1.29 is 4.79 Å². The van der Waals surface area contributed by atoms with Crippen LogP contribution in [0.4, 0.5) is 0 Å². The van der Waals surface area contributed by atoms with Gasteiger partial charge in [-0.15, -0.1) is 6.58 Å². The van der Waals surface area contributed by atoms with E-state index in [2.05, 4.69) is 18.7 Å². The van der Waals surface area contributed by atoms with Crippen molar-refractivity contribution in [3.05, 3.63) is 24.8 Å². The van der Waals surface area contributed by atoms with Crippen LogP contribution in [-0.2, 0) is 4.79 Å². The Hall–Kier alpha value is -0.850. The summed E-state index contributed by atoms with van der Waals surface area (Å²) in [7, 11) is 0. The van der Waals surface area contributed by atoms with Gasteiger partial charge < -0.3 is 4.79 Å². The molecule has 0 saturated heterocycles. The van der Waals surface area contributed by atoms with Crippen molar-refractivity contribution in [3.8, 4) is 0 Å². The van der Waals surface area contributed by atoms with E-state index in [1.807, 2.05) is 6.08 Å². The molecular weight excluding hydrogens is 148 g/mol. The molecule has 0 aromatic rings. The highest BCUT2D eigenvalue weighted by Gasteiger charge is 2.47. The third-order valence-corrected chi connectivity index (χ3v) is 3.31. The lowest BCUT2D eigenvalue weighted by molar-refractivity contribution is -0.117. The summed E-state index contributed by atoms with van der Waals surface area (Å²) in [5, 5.41) is 0. The Balaban J connectivity index is 2.24. The quantitative estimate of drug-likeness (QED) is 0.460. The number of rotatable bonds is 3. The Morgan fingerprint density at radius 1 is 1.58 bits per heavy atom. The molecule has 1 saturated carbocycles. The topological polar surface area (TPSA) is 17.1 Å². The summed E-state index contributed by atoms with van der Waals surface area (Å²) >= 11 is 0. The van der Waals surface area contributed by atoms with E-state index in [1.165, 1.54) is 6.42 Å². The van der Waals surface area contributed by atoms with Crippen molar-refractivity contribution in [1.29, 1.82) is 0 Å². The van der Waals surface area contributed by atoms with E-state index in [0.29, 0.717) is 11.8 Å². The molecule has 2 aliphatic carbocycles. The summed E-state index contributed by atoms with van der Waals surface area (Å²) < 4.78 is 0. The van der Waals surface area contributed by atoms with Gasteiger partial charge >= 0.3 is 0 Å². The predicted molar refractivity (Wildman–Crippen MR) is 48.7 cm³/mol. The number of allylic oxidation sites excluding steroid dienone is 3. The van der Waals surface area contributed by atoms with Crippen LogP contribution in [0.2, 0.25) is 0 Å². The maximum absolute atomic E-state index is 11.0. The molecule has 1 fully saturated rings. The Bertz CT molecular complexity index is 241. The molecule has 0 radical (unpaired) electrons. The van der Waals surface area contributed by atoms with Gasteiger partial charge in [0.2, 0.25) is 0 Å². The second-order valence-corrected chi connectivity index (χ2v) is 4.04. The number of aldehydes is 1. The van der Waals surface area contributed by atoms with Gasteiger partial charge in [0.05, 0.1) is 0 Å². The molecule has 0 aromatic carbocycles. The van der Waals surface area contributed by atoms with Crippen LogP contribution in [0.5, 0.6) is 0 Å². The van der Waals surface area contributed by atoms with Gasteiger partial charge in [0.25, 0.3) is 0 Å². The number of fused-ring (bicyclic) bond motifs is 2. The van der Waals surface area contributed by atoms with Gasteiger partial charge in [-0.05, 0) is 31.1 Å². The molecular formula is C11H14O. The molecule has 1 heteroatoms. The molecule has 2 rings (SSSR count). The molecule has 12 heavy (non-hydrogen) atoms. The fraction of sp³-hybridized carbons (Fsp3) is 0.545. The molecule has 0 aliphatic heterocycles. The van der Waals surface area contributed by atoms with Crippen molar-refractivity contribution in [2.24, 2.45) is 17.3 Å². The fourth-order valence-corrected chi connectivity index (χ4v) is 2.68. The maximum Gasteiger partial charge on any atom is 0.127 e. The van der Waals surface area contributed by atoms with E-state index >= 15 is 0 Å². The first-order valence-corrected chi connectivity index (χ1v) is 4.56. The molecule has 0 spiro atoms. The van der Waals surface area contributed by atoms with E-state index in [1.54, 1.807) is 0 Å². The van der Waals surface area contributed by atoms with Crippen LogP contribution < -0.4 is 0 Å². The summed E-state index contributed by atoms with van der Waals surface area (Å²) in [4.78, 5) is 11.0. The zero-order valence-corrected chi connectivity index (χ0v) is 7.20. The molecule has 0 aromatic heterocycles. The molecule has 2 bridgehead atoms. The van der Waals surface area contributed by atoms with Gasteiger partial charge in [-0.1, -0.05) is 18.2 Å². The average Bonchev–Trinajstić information content (AvgIpc) is 2.64. The van der Waals surface area contributed by atoms with Gasteiger partial charge in [0, 0.05) is 5.41 Å². The molecule has 0 N–H and O–H groups in total. The first-order valence-electron chi connectivity index (χ1n) is 4.56. The third kappa shape index (κ3) is 0.889. The van der Waals surface area contributed by atoms with Crippen molar-refractivity contribution in [2.45, 2.75) is 19.3 Å². The smallest absolute Gasteiger partial charge is 0.127 e. The summed E-state index contributed by atoms with van der Waals surface area (Å²) in [6, 6.07) is 0. The van der Waals surface area contributed by atoms with E-state index in [-0.39, 0.29) is 5.41 Å². The number of hydrogen-bond donors (Lipinski definition) is 0. The Labute approximate surface area is 73.2 Å². The molecule has 3 atom stereocenters. The van der Waals surface area contributed by atoms with Crippen molar-refractivity contribution in [1.82, 2.24) is 0 Å². The largest absolute Gasteiger partial charge is 0.303 e. The maximum atomic E-state index is 11.0. The van der Waals surface area contributed by atoms with Crippen LogP contribution in [0, 0.1) is 17.3 Å². The highest BCUT2D eigenvalue weighted by molar-refractivity contribution is 5.63. The number of carbonyl (C=O) groups excluding carboxylic acids is 1. The molecule has 3 unspecified atom stereocenters. The minimum absolute atomic E-state index is 0.0822. The van der Waals surface area contributed by atoms with Gasteiger partial charge in [0.15, 0.2) is 0 Å². The van der Waals surface area contributed by atoms with Crippen LogP contribution >= 0.6 is 0 Å². The Morgan fingerprint density at radius 2 is 2.42 bits per heavy atom. The molecule has 1 nitrogen and oxygen atoms in total. The van der Waals surface area contributed by atoms with Crippen LogP contribution in [0.3, 0.4) is 0 Å². The van der Waals surface area contributed by atoms with Gasteiger partial charge in [-0.2, -0.15) is 0 Å². The zero-order chi connectivity index (χ0) is 8.60. The number of hydrogen-bond acceptors (Lipinski definition) is 1. The summed E-state index contributed by atoms with van der Waals surface area (Å²) in [5.74, 6) is 1.16. The van der Waals surface area contributed by atoms with Crippen molar-refractivity contribution >= 4 is 6.29 Å². The molecule has 2 aliphatic rings. The molecule has 0 heterocycles. The summed E-state index contributed by atoms with van der Waals surface area (Å²) in [5.41, 5.74) is -0.0822. The Morgan fingerprint density at radius 3 is 2.83 bits per heavy atom. The van der Waals surface area contributed by atoms with Crippen LogP contribution in [0.15, 0.2) is 24.8 Å². The van der Waals surface area contributed by atoms with Gasteiger partial charge in [0.1, 0.15) is 6.29 Å². The van der Waals surface area contributed by atoms with E-state index in [9.17, 15) is 4.79 Å². The molecule has 0 amide bonds. The summed E-state index contributed by atoms with van der Waals surface area (Å²) in [6.07, 6.45) is 10.6. The van der Waals surface area contributed by atoms with Crippen LogP contribution in [0.1, 0.15) is 19.3 Å². The van der Waals surface area contributed by atoms with E-state index in [0.717, 1.165) is 19.1 Å². The van der Waals surface area contributed by atoms with Gasteiger partial charge in [-0.3, -0.25) is 0 Å². The lowest BCUT2D eigenvalue weighted by Gasteiger charge is -2.28. The highest BCUT2D eigenvalue weighted by Crippen LogP contribution is 2.52. The second kappa shape index (κ2) is 2.58. The first kappa shape index (κ1) is 7.78. The SMILES string of the molecule is C=CCC1(C=O)CC2C=CC1C2. The van der Waals surface area contributed by atoms with Crippen molar-refractivity contribution in [3.63, 3.8) is 0 Å². The Kier molecular flexibility index (Phi) is 1.67.